The van der Waals surface area contributed by atoms with Crippen LogP contribution in [0.3, 0.4) is 0 Å². The van der Waals surface area contributed by atoms with E-state index in [9.17, 15) is 10.2 Å². The number of phenolic OH excluding ortho intramolecular Hbond substituents is 2. The van der Waals surface area contributed by atoms with E-state index in [1.165, 1.54) is 213 Å². The molecule has 2 heteroatoms. The lowest BCUT2D eigenvalue weighted by Crippen LogP contribution is -2.07. The Kier molecular flexibility index (Phi) is 27.0. The summed E-state index contributed by atoms with van der Waals surface area (Å²) < 4.78 is 0. The van der Waals surface area contributed by atoms with Gasteiger partial charge in [0.2, 0.25) is 0 Å². The normalized spacial score (nSPS) is 11.5. The lowest BCUT2D eigenvalue weighted by atomic mass is 9.85. The molecule has 0 fully saturated rings. The zero-order valence-electron chi connectivity index (χ0n) is 34.5. The fourth-order valence-corrected chi connectivity index (χ4v) is 8.21. The second-order valence-electron chi connectivity index (χ2n) is 16.1. The number of rotatable bonds is 34. The van der Waals surface area contributed by atoms with Crippen molar-refractivity contribution in [3.05, 3.63) is 57.6 Å². The van der Waals surface area contributed by atoms with Gasteiger partial charge in [-0.15, -0.1) is 0 Å². The number of aromatic hydroxyl groups is 2. The minimum absolute atomic E-state index is 0.510. The van der Waals surface area contributed by atoms with Gasteiger partial charge in [0.1, 0.15) is 11.5 Å². The van der Waals surface area contributed by atoms with Gasteiger partial charge in [-0.05, 0) is 103 Å². The van der Waals surface area contributed by atoms with Crippen molar-refractivity contribution in [1.29, 1.82) is 0 Å². The Morgan fingerprint density at radius 1 is 0.294 bits per heavy atom. The number of phenols is 2. The van der Waals surface area contributed by atoms with Crippen molar-refractivity contribution >= 4 is 0 Å². The maximum atomic E-state index is 11.3. The summed E-state index contributed by atoms with van der Waals surface area (Å²) in [7, 11) is 0. The maximum absolute atomic E-state index is 11.3. The van der Waals surface area contributed by atoms with E-state index in [2.05, 4.69) is 39.8 Å². The minimum Gasteiger partial charge on any atom is -0.508 e. The highest BCUT2D eigenvalue weighted by Gasteiger charge is 2.18. The second kappa shape index (κ2) is 30.5. The summed E-state index contributed by atoms with van der Waals surface area (Å²) in [6.07, 6.45) is 41.5. The van der Waals surface area contributed by atoms with Gasteiger partial charge >= 0.3 is 0 Å². The monoisotopic (exact) mass is 705 g/mol. The quantitative estimate of drug-likeness (QED) is 0.0712. The zero-order chi connectivity index (χ0) is 36.8. The van der Waals surface area contributed by atoms with Gasteiger partial charge in [-0.1, -0.05) is 194 Å². The summed E-state index contributed by atoms with van der Waals surface area (Å²) in [6, 6.07) is 8.47. The first-order chi connectivity index (χ1) is 25.1. The SMILES string of the molecule is CCCCCCCCCc1c(O)ccc(Cc2ccc(O)c(CCCCCCCCC)c2CCCCCCCCC)c1CCCCCCCCC. The molecule has 0 aliphatic heterocycles. The molecule has 0 atom stereocenters. The van der Waals surface area contributed by atoms with Crippen LogP contribution in [0.15, 0.2) is 24.3 Å². The average molecular weight is 705 g/mol. The van der Waals surface area contributed by atoms with Gasteiger partial charge in [0, 0.05) is 0 Å². The van der Waals surface area contributed by atoms with E-state index in [4.69, 9.17) is 0 Å². The Hall–Kier alpha value is -1.96. The molecular weight excluding hydrogens is 621 g/mol. The third kappa shape index (κ3) is 19.6. The smallest absolute Gasteiger partial charge is 0.119 e. The van der Waals surface area contributed by atoms with E-state index < -0.39 is 0 Å². The largest absolute Gasteiger partial charge is 0.508 e. The summed E-state index contributed by atoms with van der Waals surface area (Å²) in [5, 5.41) is 22.5. The molecule has 292 valence electrons. The summed E-state index contributed by atoms with van der Waals surface area (Å²) in [5.74, 6) is 1.02. The first-order valence-electron chi connectivity index (χ1n) is 22.7. The Balaban J connectivity index is 2.30. The lowest BCUT2D eigenvalue weighted by Gasteiger charge is -2.21. The molecule has 0 spiro atoms. The Morgan fingerprint density at radius 2 is 0.529 bits per heavy atom. The van der Waals surface area contributed by atoms with Crippen LogP contribution in [0.2, 0.25) is 0 Å². The van der Waals surface area contributed by atoms with E-state index >= 15 is 0 Å². The third-order valence-electron chi connectivity index (χ3n) is 11.5. The highest BCUT2D eigenvalue weighted by Crippen LogP contribution is 2.34. The van der Waals surface area contributed by atoms with E-state index in [-0.39, 0.29) is 0 Å². The summed E-state index contributed by atoms with van der Waals surface area (Å²) in [5.41, 5.74) is 8.12. The molecule has 0 bridgehead atoms. The standard InChI is InChI=1S/C49H84O2/c1-5-9-13-17-21-25-29-33-44-42(37-39-48(50)46(44)35-31-27-23-19-15-11-7-3)41-43-38-40-49(51)47(36-32-28-24-20-16-12-8-4)45(43)34-30-26-22-18-14-10-6-2/h37-40,50-51H,5-36,41H2,1-4H3. The molecular formula is C49H84O2. The molecule has 51 heavy (non-hydrogen) atoms. The molecule has 0 aliphatic carbocycles. The molecule has 2 aromatic rings. The van der Waals surface area contributed by atoms with E-state index in [0.29, 0.717) is 11.5 Å². The first kappa shape index (κ1) is 45.2. The molecule has 0 aliphatic rings. The molecule has 0 radical (unpaired) electrons. The molecule has 2 N–H and O–H groups in total. The lowest BCUT2D eigenvalue weighted by molar-refractivity contribution is 0.463. The summed E-state index contributed by atoms with van der Waals surface area (Å²) in [6.45, 7) is 9.17. The van der Waals surface area contributed by atoms with Gasteiger partial charge in [-0.3, -0.25) is 0 Å². The molecule has 2 nitrogen and oxygen atoms in total. The molecule has 2 rings (SSSR count). The zero-order valence-corrected chi connectivity index (χ0v) is 34.5. The Morgan fingerprint density at radius 3 is 0.804 bits per heavy atom. The number of unbranched alkanes of at least 4 members (excludes halogenated alkanes) is 24. The van der Waals surface area contributed by atoms with Crippen molar-refractivity contribution in [3.63, 3.8) is 0 Å². The van der Waals surface area contributed by atoms with Crippen molar-refractivity contribution in [1.82, 2.24) is 0 Å². The molecule has 0 unspecified atom stereocenters. The number of hydrogen-bond acceptors (Lipinski definition) is 2. The maximum Gasteiger partial charge on any atom is 0.119 e. The summed E-state index contributed by atoms with van der Waals surface area (Å²) >= 11 is 0. The Bertz CT molecular complexity index is 1030. The number of benzene rings is 2. The number of hydrogen-bond donors (Lipinski definition) is 2. The van der Waals surface area contributed by atoms with Crippen LogP contribution < -0.4 is 0 Å². The fraction of sp³-hybridized carbons (Fsp3) is 0.755. The van der Waals surface area contributed by atoms with Crippen LogP contribution in [-0.2, 0) is 32.1 Å². The first-order valence-corrected chi connectivity index (χ1v) is 22.7. The van der Waals surface area contributed by atoms with Crippen LogP contribution in [0.4, 0.5) is 0 Å². The van der Waals surface area contributed by atoms with Gasteiger partial charge in [0.25, 0.3) is 0 Å². The highest BCUT2D eigenvalue weighted by atomic mass is 16.3. The molecule has 0 heterocycles. The van der Waals surface area contributed by atoms with Crippen LogP contribution in [0.25, 0.3) is 0 Å². The fourth-order valence-electron chi connectivity index (χ4n) is 8.21. The molecule has 2 aromatic carbocycles. The van der Waals surface area contributed by atoms with E-state index in [1.807, 2.05) is 12.1 Å². The molecule has 0 saturated heterocycles. The van der Waals surface area contributed by atoms with Crippen molar-refractivity contribution in [2.45, 2.75) is 240 Å². The van der Waals surface area contributed by atoms with Crippen LogP contribution in [0.5, 0.6) is 11.5 Å². The van der Waals surface area contributed by atoms with Crippen molar-refractivity contribution in [2.24, 2.45) is 0 Å². The van der Waals surface area contributed by atoms with E-state index in [0.717, 1.165) is 32.1 Å². The van der Waals surface area contributed by atoms with Gasteiger partial charge < -0.3 is 10.2 Å². The Labute approximate surface area is 318 Å². The van der Waals surface area contributed by atoms with Gasteiger partial charge in [0.05, 0.1) is 0 Å². The molecule has 0 saturated carbocycles. The topological polar surface area (TPSA) is 40.5 Å². The van der Waals surface area contributed by atoms with Crippen molar-refractivity contribution in [3.8, 4) is 11.5 Å². The second-order valence-corrected chi connectivity index (χ2v) is 16.1. The average Bonchev–Trinajstić information content (AvgIpc) is 3.13. The molecule has 0 aromatic heterocycles. The van der Waals surface area contributed by atoms with Crippen LogP contribution >= 0.6 is 0 Å². The highest BCUT2D eigenvalue weighted by molar-refractivity contribution is 5.50. The minimum atomic E-state index is 0.510. The summed E-state index contributed by atoms with van der Waals surface area (Å²) in [4.78, 5) is 0. The van der Waals surface area contributed by atoms with Crippen LogP contribution in [0, 0.1) is 0 Å². The van der Waals surface area contributed by atoms with Crippen molar-refractivity contribution < 1.29 is 10.2 Å². The van der Waals surface area contributed by atoms with E-state index in [1.54, 1.807) is 0 Å². The van der Waals surface area contributed by atoms with Gasteiger partial charge in [-0.2, -0.15) is 0 Å². The predicted octanol–water partition coefficient (Wildman–Crippen LogP) is 15.9. The van der Waals surface area contributed by atoms with Crippen molar-refractivity contribution in [2.75, 3.05) is 0 Å². The van der Waals surface area contributed by atoms with Gasteiger partial charge in [0.15, 0.2) is 0 Å². The van der Waals surface area contributed by atoms with Gasteiger partial charge in [-0.25, -0.2) is 0 Å². The van der Waals surface area contributed by atoms with Crippen LogP contribution in [-0.4, -0.2) is 10.2 Å². The third-order valence-corrected chi connectivity index (χ3v) is 11.5. The predicted molar refractivity (Wildman–Crippen MR) is 226 cm³/mol. The molecule has 0 amide bonds. The van der Waals surface area contributed by atoms with Crippen LogP contribution in [0.1, 0.15) is 241 Å².